The maximum atomic E-state index is 12.7. The van der Waals surface area contributed by atoms with Gasteiger partial charge in [-0.05, 0) is 66.3 Å². The second-order valence-electron chi connectivity index (χ2n) is 8.69. The maximum absolute atomic E-state index is 12.7. The van der Waals surface area contributed by atoms with E-state index in [2.05, 4.69) is 15.6 Å². The third-order valence-corrected chi connectivity index (χ3v) is 6.06. The Balaban J connectivity index is 1.25. The predicted molar refractivity (Wildman–Crippen MR) is 146 cm³/mol. The number of pyridine rings is 1. The molecule has 37 heavy (non-hydrogen) atoms. The Bertz CT molecular complexity index is 1330. The highest BCUT2D eigenvalue weighted by Gasteiger charge is 2.16. The van der Waals surface area contributed by atoms with Crippen molar-refractivity contribution < 1.29 is 14.3 Å². The number of amides is 2. The fourth-order valence-electron chi connectivity index (χ4n) is 4.02. The van der Waals surface area contributed by atoms with Gasteiger partial charge in [0.25, 0.3) is 11.8 Å². The zero-order valence-corrected chi connectivity index (χ0v) is 21.2. The number of nitrogens with one attached hydrogen (secondary N) is 2. The SMILES string of the molecule is CCOc1nccc(C)c1C(=O)NCc1ccc(CCNC(=O)c2ccc(-c3ccccc3)cc2)cc1. The van der Waals surface area contributed by atoms with Gasteiger partial charge in [-0.25, -0.2) is 4.98 Å². The van der Waals surface area contributed by atoms with E-state index < -0.39 is 0 Å². The lowest BCUT2D eigenvalue weighted by atomic mass is 10.0. The van der Waals surface area contributed by atoms with E-state index >= 15 is 0 Å². The van der Waals surface area contributed by atoms with Crippen molar-refractivity contribution in [2.24, 2.45) is 0 Å². The van der Waals surface area contributed by atoms with Crippen molar-refractivity contribution in [3.05, 3.63) is 119 Å². The number of rotatable bonds is 10. The second-order valence-corrected chi connectivity index (χ2v) is 8.69. The molecule has 0 saturated heterocycles. The molecule has 2 amide bonds. The van der Waals surface area contributed by atoms with Gasteiger partial charge in [0.2, 0.25) is 5.88 Å². The zero-order valence-electron chi connectivity index (χ0n) is 21.2. The van der Waals surface area contributed by atoms with Crippen LogP contribution in [0.1, 0.15) is 44.3 Å². The Morgan fingerprint density at radius 1 is 0.784 bits per heavy atom. The van der Waals surface area contributed by atoms with Gasteiger partial charge < -0.3 is 15.4 Å². The summed E-state index contributed by atoms with van der Waals surface area (Å²) in [6.45, 7) is 5.11. The molecule has 6 nitrogen and oxygen atoms in total. The van der Waals surface area contributed by atoms with E-state index in [-0.39, 0.29) is 11.8 Å². The predicted octanol–water partition coefficient (Wildman–Crippen LogP) is 5.36. The van der Waals surface area contributed by atoms with Crippen molar-refractivity contribution >= 4 is 11.8 Å². The van der Waals surface area contributed by atoms with Crippen molar-refractivity contribution in [1.82, 2.24) is 15.6 Å². The second kappa shape index (κ2) is 12.5. The number of aryl methyl sites for hydroxylation is 1. The number of hydrogen-bond donors (Lipinski definition) is 2. The van der Waals surface area contributed by atoms with Gasteiger partial charge in [-0.15, -0.1) is 0 Å². The molecule has 0 aliphatic heterocycles. The quantitative estimate of drug-likeness (QED) is 0.312. The van der Waals surface area contributed by atoms with Crippen molar-refractivity contribution in [2.75, 3.05) is 13.2 Å². The van der Waals surface area contributed by atoms with E-state index in [4.69, 9.17) is 4.74 Å². The number of aromatic nitrogens is 1. The molecule has 188 valence electrons. The molecule has 0 bridgehead atoms. The van der Waals surface area contributed by atoms with E-state index in [0.29, 0.717) is 43.1 Å². The highest BCUT2D eigenvalue weighted by molar-refractivity contribution is 5.97. The van der Waals surface area contributed by atoms with Crippen molar-refractivity contribution in [3.8, 4) is 17.0 Å². The molecule has 0 saturated carbocycles. The molecular formula is C31H31N3O3. The molecule has 2 N–H and O–H groups in total. The summed E-state index contributed by atoms with van der Waals surface area (Å²) >= 11 is 0. The van der Waals surface area contributed by atoms with Gasteiger partial charge in [0, 0.05) is 24.8 Å². The van der Waals surface area contributed by atoms with Gasteiger partial charge in [-0.1, -0.05) is 66.7 Å². The third kappa shape index (κ3) is 6.82. The van der Waals surface area contributed by atoms with Gasteiger partial charge in [-0.2, -0.15) is 0 Å². The summed E-state index contributed by atoms with van der Waals surface area (Å²) in [6, 6.07) is 27.5. The molecule has 0 atom stereocenters. The van der Waals surface area contributed by atoms with Crippen LogP contribution in [0.25, 0.3) is 11.1 Å². The van der Waals surface area contributed by atoms with Gasteiger partial charge in [0.15, 0.2) is 0 Å². The number of nitrogens with zero attached hydrogens (tertiary/aromatic N) is 1. The third-order valence-electron chi connectivity index (χ3n) is 6.06. The van der Waals surface area contributed by atoms with Crippen LogP contribution < -0.4 is 15.4 Å². The molecule has 0 spiro atoms. The average molecular weight is 494 g/mol. The van der Waals surface area contributed by atoms with E-state index in [0.717, 1.165) is 27.8 Å². The molecule has 6 heteroatoms. The smallest absolute Gasteiger partial charge is 0.257 e. The van der Waals surface area contributed by atoms with Crippen LogP contribution in [0.15, 0.2) is 91.1 Å². The van der Waals surface area contributed by atoms with E-state index in [1.807, 2.05) is 92.7 Å². The first-order chi connectivity index (χ1) is 18.0. The summed E-state index contributed by atoms with van der Waals surface area (Å²) in [7, 11) is 0. The minimum Gasteiger partial charge on any atom is -0.477 e. The number of hydrogen-bond acceptors (Lipinski definition) is 4. The lowest BCUT2D eigenvalue weighted by Crippen LogP contribution is -2.25. The summed E-state index contributed by atoms with van der Waals surface area (Å²) in [5.41, 5.74) is 6.23. The Hall–Kier alpha value is -4.45. The molecule has 0 fully saturated rings. The average Bonchev–Trinajstić information content (AvgIpc) is 2.93. The maximum Gasteiger partial charge on any atom is 0.257 e. The molecule has 0 aliphatic rings. The summed E-state index contributed by atoms with van der Waals surface area (Å²) in [5.74, 6) is 0.0539. The molecule has 0 unspecified atom stereocenters. The van der Waals surface area contributed by atoms with Crippen molar-refractivity contribution in [2.45, 2.75) is 26.8 Å². The number of benzene rings is 3. The van der Waals surface area contributed by atoms with Crippen LogP contribution in [0.4, 0.5) is 0 Å². The lowest BCUT2D eigenvalue weighted by molar-refractivity contribution is 0.0940. The molecule has 1 heterocycles. The first kappa shape index (κ1) is 25.6. The Kier molecular flexibility index (Phi) is 8.66. The zero-order chi connectivity index (χ0) is 26.0. The monoisotopic (exact) mass is 493 g/mol. The number of carbonyl (C=O) groups is 2. The molecule has 1 aromatic heterocycles. The van der Waals surface area contributed by atoms with Crippen LogP contribution in [0.2, 0.25) is 0 Å². The standard InChI is InChI=1S/C31H31N3O3/c1-3-37-31-28(22(2)17-19-33-31)30(36)34-21-24-11-9-23(10-12-24)18-20-32-29(35)27-15-13-26(14-16-27)25-7-5-4-6-8-25/h4-17,19H,3,18,20-21H2,1-2H3,(H,32,35)(H,34,36). The normalized spacial score (nSPS) is 10.5. The fraction of sp³-hybridized carbons (Fsp3) is 0.194. The van der Waals surface area contributed by atoms with E-state index in [1.54, 1.807) is 12.3 Å². The topological polar surface area (TPSA) is 80.3 Å². The molecular weight excluding hydrogens is 462 g/mol. The number of carbonyl (C=O) groups excluding carboxylic acids is 2. The summed E-state index contributed by atoms with van der Waals surface area (Å²) in [4.78, 5) is 29.5. The first-order valence-corrected chi connectivity index (χ1v) is 12.4. The highest BCUT2D eigenvalue weighted by Crippen LogP contribution is 2.20. The van der Waals surface area contributed by atoms with Crippen LogP contribution in [0, 0.1) is 6.92 Å². The largest absolute Gasteiger partial charge is 0.477 e. The van der Waals surface area contributed by atoms with Gasteiger partial charge in [0.05, 0.1) is 6.61 Å². The van der Waals surface area contributed by atoms with Crippen LogP contribution in [-0.4, -0.2) is 29.9 Å². The molecule has 0 aliphatic carbocycles. The molecule has 4 rings (SSSR count). The van der Waals surface area contributed by atoms with E-state index in [1.165, 1.54) is 0 Å². The molecule has 4 aromatic rings. The molecule has 3 aromatic carbocycles. The molecule has 0 radical (unpaired) electrons. The van der Waals surface area contributed by atoms with Gasteiger partial charge in [0.1, 0.15) is 5.56 Å². The summed E-state index contributed by atoms with van der Waals surface area (Å²) in [5, 5.41) is 5.94. The van der Waals surface area contributed by atoms with Crippen LogP contribution in [0.5, 0.6) is 5.88 Å². The fourth-order valence-corrected chi connectivity index (χ4v) is 4.02. The minimum absolute atomic E-state index is 0.0870. The summed E-state index contributed by atoms with van der Waals surface area (Å²) in [6.07, 6.45) is 2.35. The van der Waals surface area contributed by atoms with Gasteiger partial charge >= 0.3 is 0 Å². The summed E-state index contributed by atoms with van der Waals surface area (Å²) < 4.78 is 5.51. The Labute approximate surface area is 217 Å². The minimum atomic E-state index is -0.211. The van der Waals surface area contributed by atoms with Crippen LogP contribution in [-0.2, 0) is 13.0 Å². The van der Waals surface area contributed by atoms with Crippen LogP contribution >= 0.6 is 0 Å². The van der Waals surface area contributed by atoms with E-state index in [9.17, 15) is 9.59 Å². The Morgan fingerprint density at radius 2 is 1.46 bits per heavy atom. The highest BCUT2D eigenvalue weighted by atomic mass is 16.5. The number of ether oxygens (including phenoxy) is 1. The first-order valence-electron chi connectivity index (χ1n) is 12.4. The van der Waals surface area contributed by atoms with Crippen molar-refractivity contribution in [3.63, 3.8) is 0 Å². The van der Waals surface area contributed by atoms with Crippen molar-refractivity contribution in [1.29, 1.82) is 0 Å². The van der Waals surface area contributed by atoms with Gasteiger partial charge in [-0.3, -0.25) is 9.59 Å². The Morgan fingerprint density at radius 3 is 2.16 bits per heavy atom. The lowest BCUT2D eigenvalue weighted by Gasteiger charge is -2.12. The van der Waals surface area contributed by atoms with Crippen LogP contribution in [0.3, 0.4) is 0 Å².